The summed E-state index contributed by atoms with van der Waals surface area (Å²) in [6.07, 6.45) is 30.1. The Labute approximate surface area is 341 Å². The van der Waals surface area contributed by atoms with E-state index in [1.54, 1.807) is 0 Å². The highest BCUT2D eigenvalue weighted by atomic mass is 16.4. The van der Waals surface area contributed by atoms with Crippen LogP contribution in [0.4, 0.5) is 0 Å². The van der Waals surface area contributed by atoms with Gasteiger partial charge in [0.05, 0.1) is 22.7 Å². The van der Waals surface area contributed by atoms with Crippen molar-refractivity contribution in [3.05, 3.63) is 89.5 Å². The van der Waals surface area contributed by atoms with Crippen LogP contribution in [0, 0.1) is 0 Å². The van der Waals surface area contributed by atoms with Crippen LogP contribution >= 0.6 is 0 Å². The highest BCUT2D eigenvalue weighted by Crippen LogP contribution is 2.15. The average molecular weight is 802 g/mol. The van der Waals surface area contributed by atoms with Gasteiger partial charge < -0.3 is 48.7 Å². The first-order chi connectivity index (χ1) is 26.5. The van der Waals surface area contributed by atoms with E-state index in [-0.39, 0.29) is 29.0 Å². The number of carbonyl (C=O) groups is 3. The Morgan fingerprint density at radius 1 is 0.439 bits per heavy atom. The zero-order valence-electron chi connectivity index (χ0n) is 35.4. The lowest BCUT2D eigenvalue weighted by Gasteiger charge is -2.08. The van der Waals surface area contributed by atoms with Crippen LogP contribution in [0.2, 0.25) is 0 Å². The second kappa shape index (κ2) is 38.2. The molecule has 3 aromatic rings. The van der Waals surface area contributed by atoms with Gasteiger partial charge in [0.2, 0.25) is 0 Å². The highest BCUT2D eigenvalue weighted by molar-refractivity contribution is 5.91. The molecule has 0 fully saturated rings. The molecule has 12 heteroatoms. The number of benzene rings is 3. The summed E-state index contributed by atoms with van der Waals surface area (Å²) in [5.74, 6) is -4.87. The molecule has 0 saturated heterocycles. The van der Waals surface area contributed by atoms with Gasteiger partial charge in [0.25, 0.3) is 0 Å². The number of carboxylic acid groups (broad SMARTS) is 3. The lowest BCUT2D eigenvalue weighted by molar-refractivity contribution is -0.423. The molecule has 57 heavy (non-hydrogen) atoms. The summed E-state index contributed by atoms with van der Waals surface area (Å²) in [5, 5.41) is 57.1. The van der Waals surface area contributed by atoms with Crippen molar-refractivity contribution >= 4 is 17.9 Å². The Kier molecular flexibility index (Phi) is 38.0. The van der Waals surface area contributed by atoms with E-state index in [9.17, 15) is 29.7 Å². The average Bonchev–Trinajstić information content (AvgIpc) is 3.16. The van der Waals surface area contributed by atoms with Crippen molar-refractivity contribution in [2.45, 2.75) is 155 Å². The Balaban J connectivity index is -0.000000750. The second-order valence-electron chi connectivity index (χ2n) is 13.9. The lowest BCUT2D eigenvalue weighted by Crippen LogP contribution is -2.60. The largest absolute Gasteiger partial charge is 0.872 e. The molecule has 0 amide bonds. The Morgan fingerprint density at radius 3 is 0.842 bits per heavy atom. The van der Waals surface area contributed by atoms with E-state index < -0.39 is 35.2 Å². The van der Waals surface area contributed by atoms with Crippen LogP contribution in [0.1, 0.15) is 180 Å². The van der Waals surface area contributed by atoms with E-state index in [2.05, 4.69) is 19.6 Å². The zero-order chi connectivity index (χ0) is 41.1. The molecule has 0 spiro atoms. The Hall–Kier alpha value is -4.65. The van der Waals surface area contributed by atoms with Crippen molar-refractivity contribution in [3.8, 4) is 17.2 Å². The first-order valence-electron chi connectivity index (χ1n) is 20.3. The molecule has 12 nitrogen and oxygen atoms in total. The fourth-order valence-electron chi connectivity index (χ4n) is 5.74. The Morgan fingerprint density at radius 2 is 0.649 bits per heavy atom. The number of carboxylic acids is 3. The number of quaternary nitrogens is 3. The van der Waals surface area contributed by atoms with Crippen molar-refractivity contribution in [1.82, 2.24) is 12.3 Å². The van der Waals surface area contributed by atoms with Crippen molar-refractivity contribution in [3.63, 3.8) is 0 Å². The lowest BCUT2D eigenvalue weighted by atomic mass is 10.0. The highest BCUT2D eigenvalue weighted by Gasteiger charge is 2.06. The van der Waals surface area contributed by atoms with E-state index in [1.807, 2.05) is 0 Å². The van der Waals surface area contributed by atoms with Gasteiger partial charge in [-0.05, 0) is 43.9 Å². The van der Waals surface area contributed by atoms with Gasteiger partial charge in [-0.3, -0.25) is 0 Å². The fraction of sp³-hybridized carbons (Fsp3) is 0.533. The summed E-state index contributed by atoms with van der Waals surface area (Å²) in [6, 6.07) is 17.3. The van der Waals surface area contributed by atoms with Gasteiger partial charge in [0.15, 0.2) is 0 Å². The fourth-order valence-corrected chi connectivity index (χ4v) is 5.74. The smallest absolute Gasteiger partial charge is 0.335 e. The first-order valence-corrected chi connectivity index (χ1v) is 20.3. The van der Waals surface area contributed by atoms with Crippen molar-refractivity contribution in [2.24, 2.45) is 0 Å². The molecule has 3 aromatic carbocycles. The van der Waals surface area contributed by atoms with Crippen molar-refractivity contribution < 1.29 is 50.8 Å². The van der Waals surface area contributed by atoms with Crippen molar-refractivity contribution in [1.29, 1.82) is 0 Å². The number of unbranched alkanes of at least 4 members (excludes halogenated alkanes) is 17. The molecule has 0 aromatic heterocycles. The second-order valence-corrected chi connectivity index (χ2v) is 13.9. The molecule has 324 valence electrons. The third-order valence-corrected chi connectivity index (χ3v) is 9.03. The molecule has 1 atom stereocenters. The van der Waals surface area contributed by atoms with Crippen LogP contribution < -0.4 is 33.4 Å². The monoisotopic (exact) mass is 802 g/mol. The van der Waals surface area contributed by atoms with Crippen LogP contribution in [0.5, 0.6) is 17.2 Å². The molecule has 0 heterocycles. The number of hydrogen-bond acceptors (Lipinski definition) is 6. The molecular formula is C45H75N3O9. The summed E-state index contributed by atoms with van der Waals surface area (Å²) in [4.78, 5) is 30.7. The normalized spacial score (nSPS) is 10.4. The molecule has 0 aliphatic heterocycles. The first kappa shape index (κ1) is 56.7. The van der Waals surface area contributed by atoms with Gasteiger partial charge in [-0.15, -0.1) is 0 Å². The van der Waals surface area contributed by atoms with E-state index in [1.165, 1.54) is 208 Å². The molecule has 14 N–H and O–H groups in total. The standard InChI is InChI=1S/C24H51N.3C7H6O3.2H3N/c1-3-5-7-9-11-13-15-17-19-21-23-24(25)22-20-18-16-14-12-10-8-6-4-2;3*8-6-4-2-1-3-5(6)7(9)10;;/h24H,3-23,25H2,1-2H3;3*1-4,8H,(H,9,10);2*1H3. The SMILES string of the molecule is CCCCCCCCCCCCC([NH3+])CCCCCCCCCCC.O=C(O)c1ccccc1[O-].O=C(O)c1ccccc1[O-].O=C(O)c1ccccc1[O-].[NH4+].[NH4+]. The summed E-state index contributed by atoms with van der Waals surface area (Å²) < 4.78 is 0. The quantitative estimate of drug-likeness (QED) is 0.0469. The maximum absolute atomic E-state index is 10.7. The van der Waals surface area contributed by atoms with E-state index in [4.69, 9.17) is 15.3 Å². The van der Waals surface area contributed by atoms with E-state index >= 15 is 0 Å². The van der Waals surface area contributed by atoms with Crippen LogP contribution in [-0.4, -0.2) is 39.3 Å². The minimum absolute atomic E-state index is 0. The molecule has 0 aliphatic carbocycles. The minimum Gasteiger partial charge on any atom is -0.872 e. The molecule has 0 radical (unpaired) electrons. The van der Waals surface area contributed by atoms with Gasteiger partial charge in [0.1, 0.15) is 0 Å². The van der Waals surface area contributed by atoms with Crippen LogP contribution in [0.3, 0.4) is 0 Å². The van der Waals surface area contributed by atoms with Crippen LogP contribution in [-0.2, 0) is 0 Å². The molecule has 3 rings (SSSR count). The van der Waals surface area contributed by atoms with Gasteiger partial charge in [-0.2, -0.15) is 0 Å². The number of para-hydroxylation sites is 3. The van der Waals surface area contributed by atoms with Gasteiger partial charge in [0, 0.05) is 0 Å². The van der Waals surface area contributed by atoms with E-state index in [0.29, 0.717) is 0 Å². The third kappa shape index (κ3) is 31.2. The predicted octanol–water partition coefficient (Wildman–Crippen LogP) is 9.96. The Bertz CT molecular complexity index is 1310. The topological polar surface area (TPSA) is 282 Å². The molecule has 0 aliphatic rings. The molecule has 0 saturated carbocycles. The molecule has 1 unspecified atom stereocenters. The van der Waals surface area contributed by atoms with Crippen molar-refractivity contribution in [2.75, 3.05) is 0 Å². The minimum atomic E-state index is -1.18. The summed E-state index contributed by atoms with van der Waals surface area (Å²) in [5.41, 5.74) is 3.85. The number of rotatable bonds is 24. The van der Waals surface area contributed by atoms with Crippen LogP contribution in [0.25, 0.3) is 0 Å². The summed E-state index contributed by atoms with van der Waals surface area (Å²) in [6.45, 7) is 4.59. The van der Waals surface area contributed by atoms with Gasteiger partial charge >= 0.3 is 17.9 Å². The van der Waals surface area contributed by atoms with E-state index in [0.717, 1.165) is 6.04 Å². The molecule has 0 bridgehead atoms. The van der Waals surface area contributed by atoms with Gasteiger partial charge in [-0.1, -0.05) is 195 Å². The summed E-state index contributed by atoms with van der Waals surface area (Å²) in [7, 11) is 0. The number of aromatic carboxylic acids is 3. The third-order valence-electron chi connectivity index (χ3n) is 9.03. The van der Waals surface area contributed by atoms with Gasteiger partial charge in [-0.25, -0.2) is 14.4 Å². The number of hydrogen-bond donors (Lipinski definition) is 6. The molecular weight excluding hydrogens is 727 g/mol. The summed E-state index contributed by atoms with van der Waals surface area (Å²) >= 11 is 0. The maximum Gasteiger partial charge on any atom is 0.335 e. The van der Waals surface area contributed by atoms with Crippen LogP contribution in [0.15, 0.2) is 72.8 Å². The predicted molar refractivity (Wildman–Crippen MR) is 225 cm³/mol. The zero-order valence-corrected chi connectivity index (χ0v) is 35.4. The maximum atomic E-state index is 10.7.